The van der Waals surface area contributed by atoms with E-state index in [0.717, 1.165) is 17.1 Å². The molecule has 0 saturated carbocycles. The summed E-state index contributed by atoms with van der Waals surface area (Å²) in [6.45, 7) is 1.52. The van der Waals surface area contributed by atoms with Crippen LogP contribution in [0.4, 0.5) is 0 Å². The molecule has 0 atom stereocenters. The molecule has 32 heavy (non-hydrogen) atoms. The van der Waals surface area contributed by atoms with Crippen LogP contribution in [0.1, 0.15) is 28.8 Å². The first kappa shape index (κ1) is 23.7. The lowest BCUT2D eigenvalue weighted by atomic mass is 9.95. The zero-order valence-electron chi connectivity index (χ0n) is 18.7. The van der Waals surface area contributed by atoms with Crippen molar-refractivity contribution in [2.24, 2.45) is 5.92 Å². The summed E-state index contributed by atoms with van der Waals surface area (Å²) in [6.07, 6.45) is 1.86. The van der Waals surface area contributed by atoms with E-state index < -0.39 is 0 Å². The van der Waals surface area contributed by atoms with Crippen LogP contribution in [0, 0.1) is 5.92 Å². The number of nitrogens with one attached hydrogen (secondary N) is 1. The number of carbonyl (C=O) groups excluding carboxylic acids is 2. The van der Waals surface area contributed by atoms with E-state index in [9.17, 15) is 9.59 Å². The fourth-order valence-corrected chi connectivity index (χ4v) is 4.08. The second kappa shape index (κ2) is 11.1. The summed E-state index contributed by atoms with van der Waals surface area (Å²) < 4.78 is 16.0. The van der Waals surface area contributed by atoms with Crippen LogP contribution >= 0.6 is 11.6 Å². The fraction of sp³-hybridized carbons (Fsp3) is 0.417. The smallest absolute Gasteiger partial charge is 0.257 e. The van der Waals surface area contributed by atoms with Crippen LogP contribution in [-0.4, -0.2) is 57.7 Å². The fourth-order valence-electron chi connectivity index (χ4n) is 3.90. The van der Waals surface area contributed by atoms with Gasteiger partial charge in [0.05, 0.1) is 26.9 Å². The molecule has 1 aliphatic rings. The molecule has 2 aromatic rings. The molecule has 0 spiro atoms. The van der Waals surface area contributed by atoms with E-state index in [1.54, 1.807) is 37.3 Å². The number of amides is 2. The lowest BCUT2D eigenvalue weighted by molar-refractivity contribution is -0.126. The lowest BCUT2D eigenvalue weighted by Gasteiger charge is -2.31. The summed E-state index contributed by atoms with van der Waals surface area (Å²) in [4.78, 5) is 27.3. The van der Waals surface area contributed by atoms with Gasteiger partial charge in [-0.3, -0.25) is 9.59 Å². The van der Waals surface area contributed by atoms with E-state index in [0.29, 0.717) is 55.2 Å². The largest absolute Gasteiger partial charge is 0.497 e. The number of carbonyl (C=O) groups is 2. The van der Waals surface area contributed by atoms with Crippen molar-refractivity contribution < 1.29 is 23.8 Å². The minimum atomic E-state index is -0.131. The Morgan fingerprint density at radius 3 is 2.34 bits per heavy atom. The van der Waals surface area contributed by atoms with Gasteiger partial charge in [0.15, 0.2) is 0 Å². The average molecular weight is 461 g/mol. The zero-order valence-corrected chi connectivity index (χ0v) is 19.4. The van der Waals surface area contributed by atoms with Crippen LogP contribution in [0.25, 0.3) is 0 Å². The summed E-state index contributed by atoms with van der Waals surface area (Å²) in [5.41, 5.74) is 1.41. The van der Waals surface area contributed by atoms with Crippen LogP contribution < -0.4 is 19.5 Å². The molecule has 0 aliphatic carbocycles. The number of piperidine rings is 1. The molecule has 8 heteroatoms. The molecule has 1 aliphatic heterocycles. The minimum Gasteiger partial charge on any atom is -0.497 e. The van der Waals surface area contributed by atoms with Crippen molar-refractivity contribution in [3.63, 3.8) is 0 Å². The number of hydrogen-bond acceptors (Lipinski definition) is 5. The highest BCUT2D eigenvalue weighted by Crippen LogP contribution is 2.27. The topological polar surface area (TPSA) is 77.1 Å². The maximum Gasteiger partial charge on any atom is 0.257 e. The second-order valence-electron chi connectivity index (χ2n) is 7.63. The number of likely N-dealkylation sites (tertiary alicyclic amines) is 1. The number of hydrogen-bond donors (Lipinski definition) is 1. The van der Waals surface area contributed by atoms with Gasteiger partial charge >= 0.3 is 0 Å². The van der Waals surface area contributed by atoms with Crippen LogP contribution in [0.3, 0.4) is 0 Å². The van der Waals surface area contributed by atoms with E-state index in [1.165, 1.54) is 7.11 Å². The monoisotopic (exact) mass is 460 g/mol. The van der Waals surface area contributed by atoms with Gasteiger partial charge < -0.3 is 24.4 Å². The summed E-state index contributed by atoms with van der Waals surface area (Å²) in [6, 6.07) is 10.6. The molecular weight excluding hydrogens is 432 g/mol. The van der Waals surface area contributed by atoms with Crippen LogP contribution in [-0.2, 0) is 11.2 Å². The van der Waals surface area contributed by atoms with Crippen molar-refractivity contribution in [1.82, 2.24) is 10.2 Å². The van der Waals surface area contributed by atoms with E-state index in [4.69, 9.17) is 25.8 Å². The number of benzene rings is 2. The summed E-state index contributed by atoms with van der Waals surface area (Å²) in [5.74, 6) is 1.77. The Balaban J connectivity index is 1.51. The highest BCUT2D eigenvalue weighted by molar-refractivity contribution is 6.31. The molecule has 172 valence electrons. The third-order valence-corrected chi connectivity index (χ3v) is 5.96. The Labute approximate surface area is 193 Å². The molecule has 0 aromatic heterocycles. The molecule has 7 nitrogen and oxygen atoms in total. The first-order valence-corrected chi connectivity index (χ1v) is 11.0. The number of halogens is 1. The quantitative estimate of drug-likeness (QED) is 0.651. The summed E-state index contributed by atoms with van der Waals surface area (Å²) in [7, 11) is 4.77. The number of ether oxygens (including phenoxy) is 3. The first-order valence-electron chi connectivity index (χ1n) is 10.6. The predicted octanol–water partition coefficient (Wildman–Crippen LogP) is 3.58. The van der Waals surface area contributed by atoms with E-state index in [2.05, 4.69) is 5.32 Å². The molecule has 1 saturated heterocycles. The molecule has 2 aromatic carbocycles. The molecule has 0 bridgehead atoms. The minimum absolute atomic E-state index is 0.0132. The highest BCUT2D eigenvalue weighted by Gasteiger charge is 2.29. The molecule has 1 fully saturated rings. The molecule has 2 amide bonds. The maximum atomic E-state index is 12.9. The van der Waals surface area contributed by atoms with Crippen molar-refractivity contribution in [3.8, 4) is 17.2 Å². The second-order valence-corrected chi connectivity index (χ2v) is 8.07. The van der Waals surface area contributed by atoms with Crippen molar-refractivity contribution in [2.45, 2.75) is 19.3 Å². The molecule has 1 heterocycles. The van der Waals surface area contributed by atoms with Gasteiger partial charge in [-0.05, 0) is 61.2 Å². The third-order valence-electron chi connectivity index (χ3n) is 5.73. The number of nitrogens with zero attached hydrogens (tertiary/aromatic N) is 1. The highest BCUT2D eigenvalue weighted by atomic mass is 35.5. The SMILES string of the molecule is COc1ccc(OC)c(CCNC(=O)C2CCN(C(=O)c3cc(Cl)ccc3OC)CC2)c1. The maximum absolute atomic E-state index is 12.9. The zero-order chi connectivity index (χ0) is 23.1. The molecule has 3 rings (SSSR count). The Kier molecular flexibility index (Phi) is 8.22. The van der Waals surface area contributed by atoms with Gasteiger partial charge in [-0.15, -0.1) is 0 Å². The van der Waals surface area contributed by atoms with Gasteiger partial charge in [-0.25, -0.2) is 0 Å². The normalized spacial score (nSPS) is 14.1. The van der Waals surface area contributed by atoms with Crippen LogP contribution in [0.5, 0.6) is 17.2 Å². The van der Waals surface area contributed by atoms with Crippen molar-refractivity contribution in [2.75, 3.05) is 41.0 Å². The Morgan fingerprint density at radius 2 is 1.69 bits per heavy atom. The Morgan fingerprint density at radius 1 is 1.00 bits per heavy atom. The van der Waals surface area contributed by atoms with Gasteiger partial charge in [-0.2, -0.15) is 0 Å². The Hall–Kier alpha value is -2.93. The van der Waals surface area contributed by atoms with E-state index >= 15 is 0 Å². The van der Waals surface area contributed by atoms with Gasteiger partial charge in [0.2, 0.25) is 5.91 Å². The van der Waals surface area contributed by atoms with Crippen molar-refractivity contribution in [3.05, 3.63) is 52.5 Å². The van der Waals surface area contributed by atoms with Crippen LogP contribution in [0.2, 0.25) is 5.02 Å². The standard InChI is InChI=1S/C24H29ClN2O5/c1-30-19-5-7-21(31-2)17(14-19)8-11-26-23(28)16-9-12-27(13-10-16)24(29)20-15-18(25)4-6-22(20)32-3/h4-7,14-16H,8-13H2,1-3H3,(H,26,28). The molecular formula is C24H29ClN2O5. The summed E-state index contributed by atoms with van der Waals surface area (Å²) in [5, 5.41) is 3.50. The Bertz CT molecular complexity index is 957. The van der Waals surface area contributed by atoms with Gasteiger partial charge in [0, 0.05) is 30.6 Å². The predicted molar refractivity (Wildman–Crippen MR) is 123 cm³/mol. The number of rotatable bonds is 8. The lowest BCUT2D eigenvalue weighted by Crippen LogP contribution is -2.43. The molecule has 0 radical (unpaired) electrons. The van der Waals surface area contributed by atoms with Gasteiger partial charge in [0.25, 0.3) is 5.91 Å². The van der Waals surface area contributed by atoms with E-state index in [-0.39, 0.29) is 17.7 Å². The molecule has 0 unspecified atom stereocenters. The summed E-state index contributed by atoms with van der Waals surface area (Å²) >= 11 is 6.06. The number of methoxy groups -OCH3 is 3. The molecule has 1 N–H and O–H groups in total. The van der Waals surface area contributed by atoms with Gasteiger partial charge in [0.1, 0.15) is 17.2 Å². The van der Waals surface area contributed by atoms with Gasteiger partial charge in [-0.1, -0.05) is 11.6 Å². The van der Waals surface area contributed by atoms with Crippen molar-refractivity contribution >= 4 is 23.4 Å². The van der Waals surface area contributed by atoms with Crippen molar-refractivity contribution in [1.29, 1.82) is 0 Å². The first-order chi connectivity index (χ1) is 15.5. The van der Waals surface area contributed by atoms with Crippen LogP contribution in [0.15, 0.2) is 36.4 Å². The average Bonchev–Trinajstić information content (AvgIpc) is 2.83. The third kappa shape index (κ3) is 5.65. The van der Waals surface area contributed by atoms with E-state index in [1.807, 2.05) is 18.2 Å².